The van der Waals surface area contributed by atoms with Crippen LogP contribution < -0.4 is 16.4 Å². The maximum absolute atomic E-state index is 13.3. The molecule has 4 rings (SSSR count). The second-order valence-electron chi connectivity index (χ2n) is 7.85. The van der Waals surface area contributed by atoms with Crippen LogP contribution in [0.3, 0.4) is 0 Å². The van der Waals surface area contributed by atoms with Gasteiger partial charge in [-0.25, -0.2) is 9.97 Å². The second-order valence-corrected chi connectivity index (χ2v) is 7.85. The molecular weight excluding hydrogens is 416 g/mol. The van der Waals surface area contributed by atoms with E-state index in [2.05, 4.69) is 27.2 Å². The highest BCUT2D eigenvalue weighted by Gasteiger charge is 2.25. The molecule has 168 valence electrons. The van der Waals surface area contributed by atoms with Crippen molar-refractivity contribution in [3.63, 3.8) is 0 Å². The van der Waals surface area contributed by atoms with Crippen molar-refractivity contribution in [3.8, 4) is 0 Å². The lowest BCUT2D eigenvalue weighted by Crippen LogP contribution is -2.44. The fraction of sp³-hybridized carbons (Fsp3) is 0.200. The van der Waals surface area contributed by atoms with E-state index < -0.39 is 0 Å². The van der Waals surface area contributed by atoms with Gasteiger partial charge < -0.3 is 21.3 Å². The molecule has 0 radical (unpaired) electrons. The Hall–Kier alpha value is -4.20. The zero-order valence-corrected chi connectivity index (χ0v) is 18.2. The first kappa shape index (κ1) is 22.0. The van der Waals surface area contributed by atoms with Crippen molar-refractivity contribution in [2.45, 2.75) is 18.9 Å². The first-order valence-electron chi connectivity index (χ1n) is 10.8. The molecule has 1 aliphatic rings. The molecule has 1 aliphatic heterocycles. The summed E-state index contributed by atoms with van der Waals surface area (Å²) >= 11 is 0. The van der Waals surface area contributed by atoms with Crippen molar-refractivity contribution in [2.24, 2.45) is 0 Å². The van der Waals surface area contributed by atoms with Gasteiger partial charge in [0.2, 0.25) is 5.91 Å². The van der Waals surface area contributed by atoms with E-state index in [1.165, 1.54) is 12.4 Å². The number of amides is 1. The van der Waals surface area contributed by atoms with E-state index in [9.17, 15) is 9.59 Å². The van der Waals surface area contributed by atoms with Crippen LogP contribution in [0.15, 0.2) is 73.6 Å². The number of aromatic nitrogens is 2. The second kappa shape index (κ2) is 9.95. The average molecular weight is 443 g/mol. The zero-order valence-electron chi connectivity index (χ0n) is 18.2. The van der Waals surface area contributed by atoms with Gasteiger partial charge >= 0.3 is 0 Å². The van der Waals surface area contributed by atoms with Crippen LogP contribution in [0.2, 0.25) is 0 Å². The Labute approximate surface area is 192 Å². The Morgan fingerprint density at radius 3 is 2.52 bits per heavy atom. The van der Waals surface area contributed by atoms with Crippen LogP contribution in [-0.2, 0) is 4.79 Å². The van der Waals surface area contributed by atoms with Gasteiger partial charge in [0.15, 0.2) is 5.78 Å². The van der Waals surface area contributed by atoms with Crippen molar-refractivity contribution in [2.75, 3.05) is 29.5 Å². The number of carbonyl (C=O) groups is 2. The number of carbonyl (C=O) groups excluding carboxylic acids is 2. The highest BCUT2D eigenvalue weighted by Crippen LogP contribution is 2.25. The van der Waals surface area contributed by atoms with Crippen molar-refractivity contribution in [1.29, 1.82) is 0 Å². The predicted octanol–water partition coefficient (Wildman–Crippen LogP) is 3.62. The number of nitrogen functional groups attached to an aromatic ring is 1. The van der Waals surface area contributed by atoms with E-state index in [0.29, 0.717) is 24.5 Å². The lowest BCUT2D eigenvalue weighted by molar-refractivity contribution is -0.127. The first-order valence-corrected chi connectivity index (χ1v) is 10.8. The van der Waals surface area contributed by atoms with Gasteiger partial charge in [0.1, 0.15) is 23.5 Å². The molecule has 8 nitrogen and oxygen atoms in total. The number of nitrogens with zero attached hydrogens (tertiary/aromatic N) is 3. The number of nitrogens with one attached hydrogen (secondary N) is 2. The van der Waals surface area contributed by atoms with E-state index in [1.807, 2.05) is 42.5 Å². The molecule has 2 heterocycles. The summed E-state index contributed by atoms with van der Waals surface area (Å²) in [6.45, 7) is 4.75. The minimum absolute atomic E-state index is 0.0547. The minimum Gasteiger partial charge on any atom is -0.383 e. The Balaban J connectivity index is 1.52. The average Bonchev–Trinajstić information content (AvgIpc) is 2.84. The number of hydrogen-bond acceptors (Lipinski definition) is 7. The quantitative estimate of drug-likeness (QED) is 0.378. The standard InChI is InChI=1S/C25H26N6O2/c1-2-21(32)31-14-6-9-20(15-31)30-25-22(24(26)27-16-28-25)23(33)17-10-12-19(13-11-17)29-18-7-4-3-5-8-18/h2-5,7-8,10-13,16,20,29H,1,6,9,14-15H2,(H3,26,27,28,30)/t20-/m1/s1. The molecule has 1 aromatic heterocycles. The molecule has 0 aliphatic carbocycles. The number of anilines is 4. The van der Waals surface area contributed by atoms with E-state index in [1.54, 1.807) is 17.0 Å². The van der Waals surface area contributed by atoms with E-state index in [-0.39, 0.29) is 29.1 Å². The molecule has 1 atom stereocenters. The van der Waals surface area contributed by atoms with E-state index in [4.69, 9.17) is 5.73 Å². The Kier molecular flexibility index (Phi) is 6.64. The van der Waals surface area contributed by atoms with Crippen molar-refractivity contribution in [1.82, 2.24) is 14.9 Å². The molecule has 8 heteroatoms. The highest BCUT2D eigenvalue weighted by atomic mass is 16.2. The summed E-state index contributed by atoms with van der Waals surface area (Å²) < 4.78 is 0. The van der Waals surface area contributed by atoms with Crippen LogP contribution in [0, 0.1) is 0 Å². The summed E-state index contributed by atoms with van der Waals surface area (Å²) in [5.41, 5.74) is 8.62. The number of hydrogen-bond donors (Lipinski definition) is 3. The van der Waals surface area contributed by atoms with Crippen molar-refractivity contribution >= 4 is 34.7 Å². The summed E-state index contributed by atoms with van der Waals surface area (Å²) in [7, 11) is 0. The fourth-order valence-corrected chi connectivity index (χ4v) is 3.89. The molecule has 1 amide bonds. The normalized spacial score (nSPS) is 15.5. The molecule has 0 spiro atoms. The van der Waals surface area contributed by atoms with Crippen LogP contribution in [0.25, 0.3) is 0 Å². The molecule has 1 fully saturated rings. The molecule has 0 saturated carbocycles. The van der Waals surface area contributed by atoms with Crippen molar-refractivity contribution < 1.29 is 9.59 Å². The SMILES string of the molecule is C=CC(=O)N1CCC[C@@H](Nc2ncnc(N)c2C(=O)c2ccc(Nc3ccccc3)cc2)C1. The number of likely N-dealkylation sites (tertiary alicyclic amines) is 1. The number of rotatable bonds is 7. The van der Waals surface area contributed by atoms with Gasteiger partial charge in [0.25, 0.3) is 0 Å². The number of benzene rings is 2. The Morgan fingerprint density at radius 2 is 1.79 bits per heavy atom. The van der Waals surface area contributed by atoms with Gasteiger partial charge in [-0.15, -0.1) is 0 Å². The summed E-state index contributed by atoms with van der Waals surface area (Å²) in [5, 5.41) is 6.59. The lowest BCUT2D eigenvalue weighted by Gasteiger charge is -2.33. The summed E-state index contributed by atoms with van der Waals surface area (Å²) in [5.74, 6) is 0.108. The summed E-state index contributed by atoms with van der Waals surface area (Å²) in [6.07, 6.45) is 4.34. The molecular formula is C25H26N6O2. The number of piperidine rings is 1. The molecule has 1 saturated heterocycles. The third-order valence-corrected chi connectivity index (χ3v) is 5.56. The van der Waals surface area contributed by atoms with Crippen LogP contribution in [0.5, 0.6) is 0 Å². The van der Waals surface area contributed by atoms with E-state index >= 15 is 0 Å². The maximum atomic E-state index is 13.3. The molecule has 0 unspecified atom stereocenters. The molecule has 4 N–H and O–H groups in total. The third-order valence-electron chi connectivity index (χ3n) is 5.56. The summed E-state index contributed by atoms with van der Waals surface area (Å²) in [4.78, 5) is 35.4. The molecule has 3 aromatic rings. The number of ketones is 1. The lowest BCUT2D eigenvalue weighted by atomic mass is 10.0. The Bertz CT molecular complexity index is 1150. The minimum atomic E-state index is -0.267. The molecule has 2 aromatic carbocycles. The third kappa shape index (κ3) is 5.17. The predicted molar refractivity (Wildman–Crippen MR) is 129 cm³/mol. The maximum Gasteiger partial charge on any atom is 0.246 e. The van der Waals surface area contributed by atoms with E-state index in [0.717, 1.165) is 24.2 Å². The van der Waals surface area contributed by atoms with Crippen LogP contribution in [-0.4, -0.2) is 45.7 Å². The van der Waals surface area contributed by atoms with Crippen LogP contribution >= 0.6 is 0 Å². The van der Waals surface area contributed by atoms with Crippen LogP contribution in [0.1, 0.15) is 28.8 Å². The monoisotopic (exact) mass is 442 g/mol. The number of nitrogens with two attached hydrogens (primary N) is 1. The van der Waals surface area contributed by atoms with Gasteiger partial charge in [0.05, 0.1) is 0 Å². The smallest absolute Gasteiger partial charge is 0.246 e. The van der Waals surface area contributed by atoms with Gasteiger partial charge in [-0.3, -0.25) is 9.59 Å². The molecule has 0 bridgehead atoms. The largest absolute Gasteiger partial charge is 0.383 e. The van der Waals surface area contributed by atoms with Crippen LogP contribution in [0.4, 0.5) is 23.0 Å². The number of para-hydroxylation sites is 1. The Morgan fingerprint density at radius 1 is 1.06 bits per heavy atom. The first-order chi connectivity index (χ1) is 16.0. The zero-order chi connectivity index (χ0) is 23.2. The van der Waals surface area contributed by atoms with Gasteiger partial charge in [-0.1, -0.05) is 24.8 Å². The van der Waals surface area contributed by atoms with Gasteiger partial charge in [-0.2, -0.15) is 0 Å². The topological polar surface area (TPSA) is 113 Å². The highest BCUT2D eigenvalue weighted by molar-refractivity contribution is 6.14. The van der Waals surface area contributed by atoms with Crippen molar-refractivity contribution in [3.05, 3.63) is 84.7 Å². The van der Waals surface area contributed by atoms with Gasteiger partial charge in [0, 0.05) is 36.1 Å². The van der Waals surface area contributed by atoms with Gasteiger partial charge in [-0.05, 0) is 55.3 Å². The molecule has 33 heavy (non-hydrogen) atoms. The summed E-state index contributed by atoms with van der Waals surface area (Å²) in [6, 6.07) is 16.9. The fourth-order valence-electron chi connectivity index (χ4n) is 3.89.